The van der Waals surface area contributed by atoms with Crippen molar-refractivity contribution in [2.24, 2.45) is 0 Å². The van der Waals surface area contributed by atoms with Crippen molar-refractivity contribution in [3.8, 4) is 11.6 Å². The van der Waals surface area contributed by atoms with Gasteiger partial charge < -0.3 is 9.73 Å². The van der Waals surface area contributed by atoms with Crippen molar-refractivity contribution in [2.45, 2.75) is 20.4 Å². The molecule has 4 aromatic rings. The van der Waals surface area contributed by atoms with Gasteiger partial charge in [-0.1, -0.05) is 48.0 Å². The molecule has 0 radical (unpaired) electrons. The number of nitrogens with one attached hydrogen (secondary N) is 1. The molecule has 0 bridgehead atoms. The van der Waals surface area contributed by atoms with Crippen molar-refractivity contribution in [1.82, 2.24) is 14.8 Å². The summed E-state index contributed by atoms with van der Waals surface area (Å²) in [5.74, 6) is 1.00. The lowest BCUT2D eigenvalue weighted by atomic mass is 10.1. The van der Waals surface area contributed by atoms with Crippen molar-refractivity contribution in [2.75, 3.05) is 5.32 Å². The highest BCUT2D eigenvalue weighted by Gasteiger charge is 2.20. The highest BCUT2D eigenvalue weighted by Crippen LogP contribution is 2.20. The van der Waals surface area contributed by atoms with Gasteiger partial charge >= 0.3 is 0 Å². The van der Waals surface area contributed by atoms with Crippen LogP contribution in [0.1, 0.15) is 27.0 Å². The van der Waals surface area contributed by atoms with E-state index in [9.17, 15) is 4.79 Å². The van der Waals surface area contributed by atoms with Gasteiger partial charge in [0.05, 0.1) is 6.26 Å². The van der Waals surface area contributed by atoms with Crippen LogP contribution in [0.3, 0.4) is 0 Å². The summed E-state index contributed by atoms with van der Waals surface area (Å²) in [6.07, 6.45) is 1.55. The zero-order chi connectivity index (χ0) is 19.5. The minimum absolute atomic E-state index is 0.241. The van der Waals surface area contributed by atoms with E-state index in [-0.39, 0.29) is 5.91 Å². The number of rotatable bonds is 5. The third-order valence-corrected chi connectivity index (χ3v) is 4.49. The third kappa shape index (κ3) is 3.57. The zero-order valence-corrected chi connectivity index (χ0v) is 15.7. The van der Waals surface area contributed by atoms with E-state index in [1.54, 1.807) is 24.5 Å². The van der Waals surface area contributed by atoms with E-state index < -0.39 is 0 Å². The maximum absolute atomic E-state index is 13.1. The summed E-state index contributed by atoms with van der Waals surface area (Å²) in [6.45, 7) is 4.47. The number of furan rings is 1. The van der Waals surface area contributed by atoms with Crippen LogP contribution >= 0.6 is 0 Å². The second kappa shape index (κ2) is 7.52. The maximum atomic E-state index is 13.1. The van der Waals surface area contributed by atoms with Crippen LogP contribution < -0.4 is 5.32 Å². The van der Waals surface area contributed by atoms with E-state index in [2.05, 4.69) is 27.5 Å². The van der Waals surface area contributed by atoms with Crippen LogP contribution in [0.4, 0.5) is 5.95 Å². The average molecular weight is 372 g/mol. The van der Waals surface area contributed by atoms with Crippen molar-refractivity contribution < 1.29 is 9.21 Å². The Bertz CT molecular complexity index is 1100. The monoisotopic (exact) mass is 372 g/mol. The van der Waals surface area contributed by atoms with Crippen LogP contribution in [0.5, 0.6) is 0 Å². The predicted molar refractivity (Wildman–Crippen MR) is 107 cm³/mol. The first-order valence-electron chi connectivity index (χ1n) is 9.02. The Morgan fingerprint density at radius 3 is 2.54 bits per heavy atom. The van der Waals surface area contributed by atoms with Crippen molar-refractivity contribution in [3.05, 3.63) is 89.2 Å². The number of carbonyl (C=O) groups excluding carboxylic acids is 1. The number of aryl methyl sites for hydroxylation is 2. The minimum Gasteiger partial charge on any atom is -0.461 e. The summed E-state index contributed by atoms with van der Waals surface area (Å²) in [5.41, 5.74) is 3.74. The summed E-state index contributed by atoms with van der Waals surface area (Å²) in [6, 6.07) is 19.1. The van der Waals surface area contributed by atoms with Crippen LogP contribution in [-0.4, -0.2) is 20.7 Å². The van der Waals surface area contributed by atoms with E-state index in [0.29, 0.717) is 29.6 Å². The Morgan fingerprint density at radius 1 is 1.04 bits per heavy atom. The molecule has 0 spiro atoms. The molecule has 0 saturated carbocycles. The highest BCUT2D eigenvalue weighted by atomic mass is 16.3. The quantitative estimate of drug-likeness (QED) is 0.560. The van der Waals surface area contributed by atoms with Gasteiger partial charge in [-0.3, -0.25) is 4.79 Å². The summed E-state index contributed by atoms with van der Waals surface area (Å²) in [5, 5.41) is 7.62. The molecule has 4 rings (SSSR count). The molecule has 0 unspecified atom stereocenters. The lowest BCUT2D eigenvalue weighted by Crippen LogP contribution is -2.18. The van der Waals surface area contributed by atoms with Crippen molar-refractivity contribution >= 4 is 11.9 Å². The Morgan fingerprint density at radius 2 is 1.82 bits per heavy atom. The number of anilines is 1. The second-order valence-corrected chi connectivity index (χ2v) is 6.61. The van der Waals surface area contributed by atoms with Gasteiger partial charge in [0.2, 0.25) is 11.8 Å². The standard InChI is InChI=1S/C22H20N4O2/c1-15-9-11-17(12-10-15)14-23-22-24-20(19-8-5-13-28-19)25-26(22)21(27)18-7-4-3-6-16(18)2/h3-13H,14H2,1-2H3,(H,23,24,25). The SMILES string of the molecule is Cc1ccc(CNc2nc(-c3ccco3)nn2C(=O)c2ccccc2C)cc1. The van der Waals surface area contributed by atoms with Crippen LogP contribution in [-0.2, 0) is 6.54 Å². The molecule has 28 heavy (non-hydrogen) atoms. The largest absolute Gasteiger partial charge is 0.461 e. The fourth-order valence-electron chi connectivity index (χ4n) is 2.89. The van der Waals surface area contributed by atoms with Gasteiger partial charge in [-0.2, -0.15) is 9.67 Å². The summed E-state index contributed by atoms with van der Waals surface area (Å²) in [4.78, 5) is 17.6. The molecule has 2 heterocycles. The number of hydrogen-bond acceptors (Lipinski definition) is 5. The topological polar surface area (TPSA) is 73.0 Å². The fourth-order valence-corrected chi connectivity index (χ4v) is 2.89. The number of benzene rings is 2. The molecule has 1 N–H and O–H groups in total. The Kier molecular flexibility index (Phi) is 4.76. The Hall–Kier alpha value is -3.67. The molecule has 0 atom stereocenters. The first kappa shape index (κ1) is 17.7. The van der Waals surface area contributed by atoms with Gasteiger partial charge in [-0.15, -0.1) is 5.10 Å². The normalized spacial score (nSPS) is 10.8. The summed E-state index contributed by atoms with van der Waals surface area (Å²) >= 11 is 0. The molecule has 0 amide bonds. The lowest BCUT2D eigenvalue weighted by Gasteiger charge is -2.09. The molecule has 0 fully saturated rings. The van der Waals surface area contributed by atoms with E-state index in [1.165, 1.54) is 10.2 Å². The fraction of sp³-hybridized carbons (Fsp3) is 0.136. The molecule has 2 aromatic heterocycles. The molecule has 0 aliphatic rings. The minimum atomic E-state index is -0.241. The first-order chi connectivity index (χ1) is 13.6. The van der Waals surface area contributed by atoms with Gasteiger partial charge in [-0.25, -0.2) is 0 Å². The molecule has 6 heteroatoms. The highest BCUT2D eigenvalue weighted by molar-refractivity contribution is 5.98. The van der Waals surface area contributed by atoms with E-state index in [1.807, 2.05) is 44.2 Å². The molecule has 0 aliphatic carbocycles. The number of nitrogens with zero attached hydrogens (tertiary/aromatic N) is 3. The van der Waals surface area contributed by atoms with Gasteiger partial charge in [-0.05, 0) is 43.2 Å². The van der Waals surface area contributed by atoms with Gasteiger partial charge in [0.25, 0.3) is 5.91 Å². The van der Waals surface area contributed by atoms with Crippen LogP contribution in [0.2, 0.25) is 0 Å². The summed E-state index contributed by atoms with van der Waals surface area (Å²) < 4.78 is 6.70. The Labute approximate surface area is 162 Å². The van der Waals surface area contributed by atoms with Crippen molar-refractivity contribution in [1.29, 1.82) is 0 Å². The lowest BCUT2D eigenvalue weighted by molar-refractivity contribution is 0.0947. The van der Waals surface area contributed by atoms with Gasteiger partial charge in [0.1, 0.15) is 0 Å². The smallest absolute Gasteiger partial charge is 0.281 e. The van der Waals surface area contributed by atoms with E-state index in [4.69, 9.17) is 4.42 Å². The summed E-state index contributed by atoms with van der Waals surface area (Å²) in [7, 11) is 0. The zero-order valence-electron chi connectivity index (χ0n) is 15.7. The van der Waals surface area contributed by atoms with Gasteiger partial charge in [0, 0.05) is 12.1 Å². The first-order valence-corrected chi connectivity index (χ1v) is 9.02. The van der Waals surface area contributed by atoms with E-state index in [0.717, 1.165) is 11.1 Å². The van der Waals surface area contributed by atoms with E-state index >= 15 is 0 Å². The molecule has 2 aromatic carbocycles. The number of aromatic nitrogens is 3. The van der Waals surface area contributed by atoms with Crippen molar-refractivity contribution in [3.63, 3.8) is 0 Å². The molecule has 0 aliphatic heterocycles. The number of carbonyl (C=O) groups is 1. The molecular formula is C22H20N4O2. The molecule has 140 valence electrons. The Balaban J connectivity index is 1.68. The van der Waals surface area contributed by atoms with Crippen LogP contribution in [0.25, 0.3) is 11.6 Å². The van der Waals surface area contributed by atoms with Crippen LogP contribution in [0, 0.1) is 13.8 Å². The molecule has 0 saturated heterocycles. The van der Waals surface area contributed by atoms with Crippen LogP contribution in [0.15, 0.2) is 71.3 Å². The molecule has 6 nitrogen and oxygen atoms in total. The maximum Gasteiger partial charge on any atom is 0.281 e. The van der Waals surface area contributed by atoms with Gasteiger partial charge in [0.15, 0.2) is 5.76 Å². The predicted octanol–water partition coefficient (Wildman–Crippen LogP) is 4.46. The molecular weight excluding hydrogens is 352 g/mol. The average Bonchev–Trinajstić information content (AvgIpc) is 3.37. The second-order valence-electron chi connectivity index (χ2n) is 6.61. The number of hydrogen-bond donors (Lipinski definition) is 1. The third-order valence-electron chi connectivity index (χ3n) is 4.49.